The van der Waals surface area contributed by atoms with E-state index in [0.717, 1.165) is 20.6 Å². The van der Waals surface area contributed by atoms with Crippen molar-refractivity contribution in [3.63, 3.8) is 0 Å². The molecule has 3 unspecified atom stereocenters. The van der Waals surface area contributed by atoms with E-state index in [-0.39, 0.29) is 0 Å². The fourth-order valence-electron chi connectivity index (χ4n) is 1.47. The summed E-state index contributed by atoms with van der Waals surface area (Å²) in [4.78, 5) is 1.84. The highest BCUT2D eigenvalue weighted by Crippen LogP contribution is 2.53. The average Bonchev–Trinajstić information content (AvgIpc) is 2.70. The molecule has 1 aromatic heterocycles. The van der Waals surface area contributed by atoms with Crippen LogP contribution in [-0.2, 0) is 0 Å². The second-order valence-electron chi connectivity index (χ2n) is 3.55. The summed E-state index contributed by atoms with van der Waals surface area (Å²) >= 11 is 14.8. The van der Waals surface area contributed by atoms with Crippen molar-refractivity contribution in [3.05, 3.63) is 19.8 Å². The summed E-state index contributed by atoms with van der Waals surface area (Å²) in [6.45, 7) is 2.29. The Hall–Kier alpha value is 0.950. The molecular weight excluding hydrogens is 335 g/mol. The molecule has 1 aliphatic rings. The van der Waals surface area contributed by atoms with Crippen LogP contribution in [0, 0.1) is 11.8 Å². The molecule has 0 N–H and O–H groups in total. The van der Waals surface area contributed by atoms with Crippen LogP contribution in [0.3, 0.4) is 0 Å². The Labute approximate surface area is 104 Å². The van der Waals surface area contributed by atoms with Crippen LogP contribution in [-0.4, -0.2) is 0 Å². The molecular formula is C9H9Br2ClS. The summed E-state index contributed by atoms with van der Waals surface area (Å²) in [6, 6.07) is 2.12. The normalized spacial score (nSPS) is 28.9. The van der Waals surface area contributed by atoms with Crippen molar-refractivity contribution in [2.24, 2.45) is 11.8 Å². The Bertz CT molecular complexity index is 304. The number of alkyl halides is 1. The summed E-state index contributed by atoms with van der Waals surface area (Å²) in [5, 5.41) is 0. The maximum Gasteiger partial charge on any atom is 0.107 e. The van der Waals surface area contributed by atoms with Gasteiger partial charge in [0.25, 0.3) is 0 Å². The first-order valence-corrected chi connectivity index (χ1v) is 7.08. The molecule has 0 spiro atoms. The van der Waals surface area contributed by atoms with E-state index in [2.05, 4.69) is 44.8 Å². The smallest absolute Gasteiger partial charge is 0.107 e. The molecule has 2 rings (SSSR count). The van der Waals surface area contributed by atoms with Crippen molar-refractivity contribution >= 4 is 54.8 Å². The highest BCUT2D eigenvalue weighted by atomic mass is 79.9. The van der Waals surface area contributed by atoms with Crippen molar-refractivity contribution in [2.75, 3.05) is 0 Å². The average molecular weight is 344 g/mol. The van der Waals surface area contributed by atoms with Crippen molar-refractivity contribution in [1.82, 2.24) is 0 Å². The molecule has 1 aliphatic carbocycles. The van der Waals surface area contributed by atoms with Gasteiger partial charge >= 0.3 is 0 Å². The molecule has 0 saturated heterocycles. The summed E-state index contributed by atoms with van der Waals surface area (Å²) in [5.74, 6) is 1.67. The Morgan fingerprint density at radius 3 is 2.69 bits per heavy atom. The van der Waals surface area contributed by atoms with Crippen molar-refractivity contribution < 1.29 is 0 Å². The van der Waals surface area contributed by atoms with Crippen molar-refractivity contribution in [3.8, 4) is 0 Å². The van der Waals surface area contributed by atoms with E-state index < -0.39 is 0 Å². The third kappa shape index (κ3) is 2.14. The number of hydrogen-bond acceptors (Lipinski definition) is 1. The fourth-order valence-corrected chi connectivity index (χ4v) is 4.41. The van der Waals surface area contributed by atoms with Crippen LogP contribution in [0.25, 0.3) is 0 Å². The van der Waals surface area contributed by atoms with Crippen LogP contribution in [0.1, 0.15) is 23.0 Å². The molecule has 0 aromatic carbocycles. The molecule has 3 atom stereocenters. The van der Waals surface area contributed by atoms with Gasteiger partial charge in [-0.25, -0.2) is 0 Å². The van der Waals surface area contributed by atoms with Gasteiger partial charge in [0.05, 0.1) is 4.83 Å². The lowest BCUT2D eigenvalue weighted by atomic mass is 10.2. The Kier molecular flexibility index (Phi) is 3.09. The lowest BCUT2D eigenvalue weighted by Crippen LogP contribution is -1.89. The number of rotatable bonds is 2. The van der Waals surface area contributed by atoms with Crippen LogP contribution in [0.4, 0.5) is 0 Å². The van der Waals surface area contributed by atoms with Gasteiger partial charge < -0.3 is 0 Å². The van der Waals surface area contributed by atoms with Gasteiger partial charge in [0, 0.05) is 9.35 Å². The van der Waals surface area contributed by atoms with Gasteiger partial charge in [-0.15, -0.1) is 11.3 Å². The maximum absolute atomic E-state index is 5.99. The predicted octanol–water partition coefficient (Wildman–Crippen LogP) is 5.26. The Morgan fingerprint density at radius 2 is 2.31 bits per heavy atom. The van der Waals surface area contributed by atoms with Crippen LogP contribution < -0.4 is 0 Å². The minimum Gasteiger partial charge on any atom is -0.126 e. The quantitative estimate of drug-likeness (QED) is 0.642. The summed E-state index contributed by atoms with van der Waals surface area (Å²) < 4.78 is 1.87. The molecule has 0 amide bonds. The molecule has 0 radical (unpaired) electrons. The lowest BCUT2D eigenvalue weighted by molar-refractivity contribution is 0.749. The van der Waals surface area contributed by atoms with Crippen molar-refractivity contribution in [2.45, 2.75) is 18.2 Å². The molecule has 0 bridgehead atoms. The minimum atomic E-state index is 0.497. The highest BCUT2D eigenvalue weighted by Gasteiger charge is 2.39. The largest absolute Gasteiger partial charge is 0.126 e. The molecule has 1 fully saturated rings. The zero-order valence-corrected chi connectivity index (χ0v) is 11.8. The van der Waals surface area contributed by atoms with Gasteiger partial charge in [0.2, 0.25) is 0 Å². The third-order valence-electron chi connectivity index (χ3n) is 2.48. The van der Waals surface area contributed by atoms with E-state index in [9.17, 15) is 0 Å². The van der Waals surface area contributed by atoms with Gasteiger partial charge in [0.1, 0.15) is 4.34 Å². The molecule has 1 saturated carbocycles. The third-order valence-corrected chi connectivity index (χ3v) is 6.52. The van der Waals surface area contributed by atoms with E-state index >= 15 is 0 Å². The topological polar surface area (TPSA) is 0 Å². The van der Waals surface area contributed by atoms with E-state index in [4.69, 9.17) is 11.6 Å². The van der Waals surface area contributed by atoms with E-state index in [1.165, 1.54) is 11.3 Å². The van der Waals surface area contributed by atoms with Crippen LogP contribution in [0.2, 0.25) is 4.34 Å². The van der Waals surface area contributed by atoms with Crippen LogP contribution in [0.5, 0.6) is 0 Å². The first kappa shape index (κ1) is 10.5. The zero-order chi connectivity index (χ0) is 9.59. The molecule has 72 valence electrons. The predicted molar refractivity (Wildman–Crippen MR) is 66.0 cm³/mol. The summed E-state index contributed by atoms with van der Waals surface area (Å²) in [5.41, 5.74) is 0. The number of hydrogen-bond donors (Lipinski definition) is 0. The number of thiophene rings is 1. The second-order valence-corrected chi connectivity index (χ2v) is 7.08. The van der Waals surface area contributed by atoms with Gasteiger partial charge in [-0.05, 0) is 40.3 Å². The van der Waals surface area contributed by atoms with Gasteiger partial charge in [0.15, 0.2) is 0 Å². The summed E-state index contributed by atoms with van der Waals surface area (Å²) in [7, 11) is 0. The molecule has 13 heavy (non-hydrogen) atoms. The van der Waals surface area contributed by atoms with E-state index in [0.29, 0.717) is 4.83 Å². The van der Waals surface area contributed by atoms with Crippen LogP contribution in [0.15, 0.2) is 10.5 Å². The Morgan fingerprint density at radius 1 is 1.69 bits per heavy atom. The molecule has 0 nitrogen and oxygen atoms in total. The molecule has 1 heterocycles. The van der Waals surface area contributed by atoms with Gasteiger partial charge in [-0.3, -0.25) is 0 Å². The zero-order valence-electron chi connectivity index (χ0n) is 7.06. The second kappa shape index (κ2) is 3.84. The first-order valence-electron chi connectivity index (χ1n) is 4.18. The van der Waals surface area contributed by atoms with Crippen LogP contribution >= 0.6 is 54.8 Å². The SMILES string of the molecule is CC1CC1C(Br)c1cc(Br)c(Cl)s1. The fraction of sp³-hybridized carbons (Fsp3) is 0.556. The maximum atomic E-state index is 5.99. The number of halogens is 3. The molecule has 4 heteroatoms. The first-order chi connectivity index (χ1) is 6.09. The van der Waals surface area contributed by atoms with Gasteiger partial charge in [-0.2, -0.15) is 0 Å². The highest BCUT2D eigenvalue weighted by molar-refractivity contribution is 9.10. The Balaban J connectivity index is 2.16. The monoisotopic (exact) mass is 342 g/mol. The van der Waals surface area contributed by atoms with E-state index in [1.807, 2.05) is 0 Å². The lowest BCUT2D eigenvalue weighted by Gasteiger charge is -2.04. The van der Waals surface area contributed by atoms with E-state index in [1.54, 1.807) is 11.3 Å². The van der Waals surface area contributed by atoms with Crippen molar-refractivity contribution in [1.29, 1.82) is 0 Å². The summed E-state index contributed by atoms with van der Waals surface area (Å²) in [6.07, 6.45) is 1.34. The molecule has 0 aliphatic heterocycles. The molecule has 1 aromatic rings. The standard InChI is InChI=1S/C9H9Br2ClS/c1-4-2-5(4)8(11)7-3-6(10)9(12)13-7/h3-5,8H,2H2,1H3. The minimum absolute atomic E-state index is 0.497. The van der Waals surface area contributed by atoms with Gasteiger partial charge in [-0.1, -0.05) is 34.5 Å².